The summed E-state index contributed by atoms with van der Waals surface area (Å²) in [6.07, 6.45) is 1.23. The Morgan fingerprint density at radius 1 is 1.24 bits per heavy atom. The van der Waals surface area contributed by atoms with Crippen LogP contribution in [0, 0.1) is 0 Å². The summed E-state index contributed by atoms with van der Waals surface area (Å²) in [5.41, 5.74) is 1.13. The lowest BCUT2D eigenvalue weighted by Crippen LogP contribution is -2.06. The highest BCUT2D eigenvalue weighted by Crippen LogP contribution is 2.22. The lowest BCUT2D eigenvalue weighted by molar-refractivity contribution is 0.465. The Morgan fingerprint density at radius 3 is 2.88 bits per heavy atom. The van der Waals surface area contributed by atoms with E-state index in [2.05, 4.69) is 19.9 Å². The number of imidazole rings is 1. The minimum Gasteiger partial charge on any atom is -0.501 e. The number of nitrogens with zero attached hydrogens (tertiary/aromatic N) is 2. The second-order valence-electron chi connectivity index (χ2n) is 3.53. The second-order valence-corrected chi connectivity index (χ2v) is 3.53. The molecule has 0 aliphatic rings. The summed E-state index contributed by atoms with van der Waals surface area (Å²) in [5, 5.41) is 9.61. The normalized spacial score (nSPS) is 10.8. The molecule has 0 atom stereocenters. The van der Waals surface area contributed by atoms with Gasteiger partial charge >= 0.3 is 0 Å². The smallest absolute Gasteiger partial charge is 0.293 e. The van der Waals surface area contributed by atoms with E-state index in [0.29, 0.717) is 5.82 Å². The molecule has 6 heteroatoms. The predicted octanol–water partition coefficient (Wildman–Crippen LogP) is 1.02. The molecule has 0 spiro atoms. The fourth-order valence-electron chi connectivity index (χ4n) is 1.63. The molecule has 0 amide bonds. The lowest BCUT2D eigenvalue weighted by Gasteiger charge is -1.96. The van der Waals surface area contributed by atoms with Crippen LogP contribution < -0.4 is 5.56 Å². The quantitative estimate of drug-likeness (QED) is 0.579. The number of hydrogen-bond acceptors (Lipinski definition) is 4. The van der Waals surface area contributed by atoms with Gasteiger partial charge in [-0.2, -0.15) is 0 Å². The van der Waals surface area contributed by atoms with Crippen LogP contribution in [-0.4, -0.2) is 25.0 Å². The summed E-state index contributed by atoms with van der Waals surface area (Å²) < 4.78 is 0. The topological polar surface area (TPSA) is 94.7 Å². The molecule has 0 fully saturated rings. The van der Waals surface area contributed by atoms with E-state index >= 15 is 0 Å². The SMILES string of the molecule is O=c1[nH]cnc(-c2nc3ccccc3[nH]2)c1O. The summed E-state index contributed by atoms with van der Waals surface area (Å²) in [4.78, 5) is 24.7. The van der Waals surface area contributed by atoms with Crippen molar-refractivity contribution in [2.24, 2.45) is 0 Å². The summed E-state index contributed by atoms with van der Waals surface area (Å²) in [6.45, 7) is 0. The molecule has 0 saturated heterocycles. The number of para-hydroxylation sites is 2. The molecule has 0 bridgehead atoms. The largest absolute Gasteiger partial charge is 0.501 e. The molecule has 2 heterocycles. The van der Waals surface area contributed by atoms with E-state index in [1.54, 1.807) is 0 Å². The molecule has 6 nitrogen and oxygen atoms in total. The van der Waals surface area contributed by atoms with Gasteiger partial charge in [0.15, 0.2) is 11.5 Å². The third-order valence-electron chi connectivity index (χ3n) is 2.44. The Morgan fingerprint density at radius 2 is 2.06 bits per heavy atom. The number of aromatic nitrogens is 4. The van der Waals surface area contributed by atoms with Crippen molar-refractivity contribution < 1.29 is 5.11 Å². The fourth-order valence-corrected chi connectivity index (χ4v) is 1.63. The van der Waals surface area contributed by atoms with Crippen molar-refractivity contribution in [2.75, 3.05) is 0 Å². The van der Waals surface area contributed by atoms with Gasteiger partial charge in [-0.1, -0.05) is 12.1 Å². The van der Waals surface area contributed by atoms with Crippen LogP contribution in [-0.2, 0) is 0 Å². The first kappa shape index (κ1) is 9.59. The van der Waals surface area contributed by atoms with Crippen molar-refractivity contribution in [3.05, 3.63) is 40.9 Å². The molecule has 0 aliphatic carbocycles. The maximum Gasteiger partial charge on any atom is 0.293 e. The Kier molecular flexibility index (Phi) is 1.94. The van der Waals surface area contributed by atoms with Gasteiger partial charge in [0.05, 0.1) is 17.4 Å². The molecular weight excluding hydrogens is 220 g/mol. The van der Waals surface area contributed by atoms with Crippen LogP contribution >= 0.6 is 0 Å². The molecule has 1 aromatic carbocycles. The summed E-state index contributed by atoms with van der Waals surface area (Å²) in [5.74, 6) is -0.0682. The zero-order valence-electron chi connectivity index (χ0n) is 8.64. The predicted molar refractivity (Wildman–Crippen MR) is 61.6 cm³/mol. The molecule has 2 aromatic heterocycles. The average Bonchev–Trinajstić information content (AvgIpc) is 2.76. The molecule has 0 aliphatic heterocycles. The minimum absolute atomic E-state index is 0.143. The Bertz CT molecular complexity index is 711. The highest BCUT2D eigenvalue weighted by Gasteiger charge is 2.13. The van der Waals surface area contributed by atoms with Gasteiger partial charge in [0.2, 0.25) is 5.75 Å². The van der Waals surface area contributed by atoms with Crippen molar-refractivity contribution in [3.63, 3.8) is 0 Å². The van der Waals surface area contributed by atoms with Gasteiger partial charge in [0.25, 0.3) is 5.56 Å². The summed E-state index contributed by atoms with van der Waals surface area (Å²) in [6, 6.07) is 7.42. The van der Waals surface area contributed by atoms with E-state index < -0.39 is 11.3 Å². The average molecular weight is 228 g/mol. The van der Waals surface area contributed by atoms with E-state index in [4.69, 9.17) is 0 Å². The van der Waals surface area contributed by atoms with Gasteiger partial charge in [0, 0.05) is 0 Å². The van der Waals surface area contributed by atoms with Gasteiger partial charge in [-0.25, -0.2) is 9.97 Å². The molecule has 0 unspecified atom stereocenters. The van der Waals surface area contributed by atoms with Crippen molar-refractivity contribution in [3.8, 4) is 17.3 Å². The van der Waals surface area contributed by atoms with Crippen molar-refractivity contribution in [1.82, 2.24) is 19.9 Å². The molecule has 3 rings (SSSR count). The van der Waals surface area contributed by atoms with Gasteiger partial charge in [-0.15, -0.1) is 0 Å². The molecule has 17 heavy (non-hydrogen) atoms. The highest BCUT2D eigenvalue weighted by molar-refractivity contribution is 5.79. The fraction of sp³-hybridized carbons (Fsp3) is 0. The van der Waals surface area contributed by atoms with Crippen LogP contribution in [0.5, 0.6) is 5.75 Å². The third-order valence-corrected chi connectivity index (χ3v) is 2.44. The Labute approximate surface area is 95.0 Å². The molecule has 84 valence electrons. The van der Waals surface area contributed by atoms with Crippen LogP contribution in [0.1, 0.15) is 0 Å². The first-order valence-electron chi connectivity index (χ1n) is 4.97. The van der Waals surface area contributed by atoms with E-state index in [1.165, 1.54) is 6.33 Å². The minimum atomic E-state index is -0.588. The van der Waals surface area contributed by atoms with Crippen LogP contribution in [0.25, 0.3) is 22.6 Å². The zero-order valence-corrected chi connectivity index (χ0v) is 8.64. The van der Waals surface area contributed by atoms with Crippen molar-refractivity contribution >= 4 is 11.0 Å². The molecule has 0 saturated carbocycles. The van der Waals surface area contributed by atoms with Crippen LogP contribution in [0.3, 0.4) is 0 Å². The number of hydrogen-bond donors (Lipinski definition) is 3. The number of benzene rings is 1. The van der Waals surface area contributed by atoms with Crippen molar-refractivity contribution in [1.29, 1.82) is 0 Å². The lowest BCUT2D eigenvalue weighted by atomic mass is 10.3. The molecule has 3 N–H and O–H groups in total. The van der Waals surface area contributed by atoms with E-state index in [0.717, 1.165) is 11.0 Å². The zero-order chi connectivity index (χ0) is 11.8. The third kappa shape index (κ3) is 1.46. The van der Waals surface area contributed by atoms with E-state index in [9.17, 15) is 9.90 Å². The van der Waals surface area contributed by atoms with Gasteiger partial charge in [-0.05, 0) is 12.1 Å². The number of fused-ring (bicyclic) bond motifs is 1. The van der Waals surface area contributed by atoms with E-state index in [-0.39, 0.29) is 5.69 Å². The van der Waals surface area contributed by atoms with E-state index in [1.807, 2.05) is 24.3 Å². The van der Waals surface area contributed by atoms with Gasteiger partial charge in [0.1, 0.15) is 0 Å². The summed E-state index contributed by atoms with van der Waals surface area (Å²) >= 11 is 0. The van der Waals surface area contributed by atoms with Crippen molar-refractivity contribution in [2.45, 2.75) is 0 Å². The first-order chi connectivity index (χ1) is 8.25. The maximum absolute atomic E-state index is 11.2. The van der Waals surface area contributed by atoms with Gasteiger partial charge in [-0.3, -0.25) is 4.79 Å². The summed E-state index contributed by atoms with van der Waals surface area (Å²) in [7, 11) is 0. The van der Waals surface area contributed by atoms with Crippen LogP contribution in [0.15, 0.2) is 35.4 Å². The number of aromatic amines is 2. The maximum atomic E-state index is 11.2. The highest BCUT2D eigenvalue weighted by atomic mass is 16.3. The number of H-pyrrole nitrogens is 2. The van der Waals surface area contributed by atoms with Gasteiger partial charge < -0.3 is 15.1 Å². The molecular formula is C11H8N4O2. The van der Waals surface area contributed by atoms with Crippen LogP contribution in [0.2, 0.25) is 0 Å². The number of rotatable bonds is 1. The molecule has 0 radical (unpaired) electrons. The Balaban J connectivity index is 2.27. The monoisotopic (exact) mass is 228 g/mol. The Hall–Kier alpha value is -2.63. The second kappa shape index (κ2) is 3.44. The number of nitrogens with one attached hydrogen (secondary N) is 2. The molecule has 3 aromatic rings. The van der Waals surface area contributed by atoms with Crippen LogP contribution in [0.4, 0.5) is 0 Å². The standard InChI is InChI=1S/C11H8N4O2/c16-9-8(12-5-13-11(9)17)10-14-6-3-1-2-4-7(6)15-10/h1-5,16H,(H,14,15)(H,12,13,17). The number of aromatic hydroxyl groups is 1. The first-order valence-corrected chi connectivity index (χ1v) is 4.97.